The first kappa shape index (κ1) is 7.98. The Morgan fingerprint density at radius 3 is 2.73 bits per heavy atom. The minimum Gasteiger partial charge on any atom is -0.331 e. The van der Waals surface area contributed by atoms with Gasteiger partial charge in [-0.15, -0.1) is 0 Å². The third-order valence-electron chi connectivity index (χ3n) is 1.71. The fourth-order valence-electron chi connectivity index (χ4n) is 1.11. The van der Waals surface area contributed by atoms with E-state index in [4.69, 9.17) is 0 Å². The molecule has 11 heavy (non-hydrogen) atoms. The number of carbonyl (C=O) groups excluding carboxylic acids is 1. The van der Waals surface area contributed by atoms with Gasteiger partial charge in [-0.3, -0.25) is 4.79 Å². The van der Waals surface area contributed by atoms with Gasteiger partial charge in [-0.1, -0.05) is 6.92 Å². The number of aromatic nitrogens is 2. The molecule has 0 radical (unpaired) electrons. The summed E-state index contributed by atoms with van der Waals surface area (Å²) in [5.41, 5.74) is 1.55. The predicted molar refractivity (Wildman–Crippen MR) is 42.6 cm³/mol. The van der Waals surface area contributed by atoms with Crippen LogP contribution in [0.4, 0.5) is 0 Å². The molecule has 1 heterocycles. The molecule has 3 heteroatoms. The quantitative estimate of drug-likeness (QED) is 0.599. The van der Waals surface area contributed by atoms with Crippen LogP contribution in [0.1, 0.15) is 29.5 Å². The molecule has 0 aliphatic rings. The normalized spacial score (nSPS) is 10.1. The van der Waals surface area contributed by atoms with Gasteiger partial charge in [0, 0.05) is 13.5 Å². The Bertz CT molecular complexity index is 256. The van der Waals surface area contributed by atoms with Crippen LogP contribution in [0.3, 0.4) is 0 Å². The van der Waals surface area contributed by atoms with E-state index in [0.717, 1.165) is 11.4 Å². The lowest BCUT2D eigenvalue weighted by Crippen LogP contribution is -2.05. The number of rotatable bonds is 2. The SMILES string of the molecule is CCC(=O)c1c(C)ncn1C. The summed E-state index contributed by atoms with van der Waals surface area (Å²) in [6.07, 6.45) is 2.21. The Hall–Kier alpha value is -1.12. The largest absolute Gasteiger partial charge is 0.331 e. The fourth-order valence-corrected chi connectivity index (χ4v) is 1.11. The van der Waals surface area contributed by atoms with Gasteiger partial charge < -0.3 is 4.57 Å². The lowest BCUT2D eigenvalue weighted by Gasteiger charge is -1.98. The van der Waals surface area contributed by atoms with Gasteiger partial charge in [-0.05, 0) is 6.92 Å². The molecule has 0 atom stereocenters. The zero-order chi connectivity index (χ0) is 8.43. The minimum atomic E-state index is 0.155. The van der Waals surface area contributed by atoms with Crippen molar-refractivity contribution in [3.8, 4) is 0 Å². The highest BCUT2D eigenvalue weighted by Gasteiger charge is 2.10. The highest BCUT2D eigenvalue weighted by atomic mass is 16.1. The van der Waals surface area contributed by atoms with Gasteiger partial charge in [0.05, 0.1) is 12.0 Å². The van der Waals surface area contributed by atoms with Crippen molar-refractivity contribution in [1.29, 1.82) is 0 Å². The maximum atomic E-state index is 11.3. The Labute approximate surface area is 66.1 Å². The van der Waals surface area contributed by atoms with Crippen molar-refractivity contribution >= 4 is 5.78 Å². The fraction of sp³-hybridized carbons (Fsp3) is 0.500. The molecule has 0 aromatic carbocycles. The van der Waals surface area contributed by atoms with E-state index in [2.05, 4.69) is 4.98 Å². The molecule has 1 aromatic rings. The van der Waals surface area contributed by atoms with E-state index in [1.165, 1.54) is 0 Å². The molecule has 0 aliphatic heterocycles. The lowest BCUT2D eigenvalue weighted by atomic mass is 10.2. The first-order valence-corrected chi connectivity index (χ1v) is 3.68. The standard InChI is InChI=1S/C8H12N2O/c1-4-7(11)8-6(2)9-5-10(8)3/h5H,4H2,1-3H3. The number of aryl methyl sites for hydroxylation is 2. The molecule has 0 saturated carbocycles. The lowest BCUT2D eigenvalue weighted by molar-refractivity contribution is 0.0979. The zero-order valence-corrected chi connectivity index (χ0v) is 7.09. The van der Waals surface area contributed by atoms with Gasteiger partial charge in [0.15, 0.2) is 5.78 Å². The van der Waals surface area contributed by atoms with Crippen molar-refractivity contribution < 1.29 is 4.79 Å². The average molecular weight is 152 g/mol. The van der Waals surface area contributed by atoms with Crippen molar-refractivity contribution in [2.75, 3.05) is 0 Å². The molecule has 60 valence electrons. The molecule has 0 aliphatic carbocycles. The number of imidazole rings is 1. The summed E-state index contributed by atoms with van der Waals surface area (Å²) in [6, 6.07) is 0. The molecule has 0 bridgehead atoms. The van der Waals surface area contributed by atoms with Crippen molar-refractivity contribution in [3.63, 3.8) is 0 Å². The Balaban J connectivity index is 3.10. The van der Waals surface area contributed by atoms with Crippen LogP contribution in [-0.4, -0.2) is 15.3 Å². The maximum absolute atomic E-state index is 11.3. The van der Waals surface area contributed by atoms with Crippen LogP contribution in [0.2, 0.25) is 0 Å². The van der Waals surface area contributed by atoms with E-state index in [9.17, 15) is 4.79 Å². The highest BCUT2D eigenvalue weighted by molar-refractivity contribution is 5.95. The Morgan fingerprint density at radius 1 is 1.73 bits per heavy atom. The summed E-state index contributed by atoms with van der Waals surface area (Å²) < 4.78 is 1.77. The molecule has 3 nitrogen and oxygen atoms in total. The molecule has 0 unspecified atom stereocenters. The number of Topliss-reactive ketones (excluding diaryl/α,β-unsaturated/α-hetero) is 1. The van der Waals surface area contributed by atoms with Crippen LogP contribution in [0.15, 0.2) is 6.33 Å². The molecule has 1 rings (SSSR count). The molecular formula is C8H12N2O. The molecule has 0 fully saturated rings. The maximum Gasteiger partial charge on any atom is 0.180 e. The summed E-state index contributed by atoms with van der Waals surface area (Å²) in [7, 11) is 1.84. The van der Waals surface area contributed by atoms with Gasteiger partial charge in [0.25, 0.3) is 0 Å². The van der Waals surface area contributed by atoms with Crippen molar-refractivity contribution in [3.05, 3.63) is 17.7 Å². The zero-order valence-electron chi connectivity index (χ0n) is 7.09. The summed E-state index contributed by atoms with van der Waals surface area (Å²) in [5, 5.41) is 0. The number of ketones is 1. The van der Waals surface area contributed by atoms with Crippen molar-refractivity contribution in [1.82, 2.24) is 9.55 Å². The molecule has 0 N–H and O–H groups in total. The van der Waals surface area contributed by atoms with Gasteiger partial charge in [0.2, 0.25) is 0 Å². The first-order valence-electron chi connectivity index (χ1n) is 3.68. The van der Waals surface area contributed by atoms with Gasteiger partial charge in [-0.2, -0.15) is 0 Å². The van der Waals surface area contributed by atoms with Crippen LogP contribution >= 0.6 is 0 Å². The van der Waals surface area contributed by atoms with Crippen molar-refractivity contribution in [2.24, 2.45) is 7.05 Å². The van der Waals surface area contributed by atoms with E-state index in [1.807, 2.05) is 20.9 Å². The summed E-state index contributed by atoms with van der Waals surface area (Å²) in [6.45, 7) is 3.71. The molecule has 0 spiro atoms. The number of nitrogens with zero attached hydrogens (tertiary/aromatic N) is 2. The smallest absolute Gasteiger partial charge is 0.180 e. The molecular weight excluding hydrogens is 140 g/mol. The summed E-state index contributed by atoms with van der Waals surface area (Å²) in [4.78, 5) is 15.3. The van der Waals surface area contributed by atoms with E-state index in [-0.39, 0.29) is 5.78 Å². The monoisotopic (exact) mass is 152 g/mol. The van der Waals surface area contributed by atoms with E-state index in [0.29, 0.717) is 6.42 Å². The van der Waals surface area contributed by atoms with E-state index < -0.39 is 0 Å². The Morgan fingerprint density at radius 2 is 2.36 bits per heavy atom. The minimum absolute atomic E-state index is 0.155. The van der Waals surface area contributed by atoms with Gasteiger partial charge >= 0.3 is 0 Å². The number of carbonyl (C=O) groups is 1. The first-order chi connectivity index (χ1) is 5.16. The number of hydrogen-bond donors (Lipinski definition) is 0. The van der Waals surface area contributed by atoms with Crippen LogP contribution in [-0.2, 0) is 7.05 Å². The second-order valence-corrected chi connectivity index (χ2v) is 2.57. The van der Waals surface area contributed by atoms with Crippen LogP contribution in [0.5, 0.6) is 0 Å². The van der Waals surface area contributed by atoms with Gasteiger partial charge in [0.1, 0.15) is 5.69 Å². The average Bonchev–Trinajstić information content (AvgIpc) is 2.30. The second kappa shape index (κ2) is 2.86. The molecule has 0 saturated heterocycles. The van der Waals surface area contributed by atoms with E-state index >= 15 is 0 Å². The summed E-state index contributed by atoms with van der Waals surface area (Å²) >= 11 is 0. The van der Waals surface area contributed by atoms with Gasteiger partial charge in [-0.25, -0.2) is 4.98 Å². The van der Waals surface area contributed by atoms with Crippen LogP contribution in [0, 0.1) is 6.92 Å². The Kier molecular flexibility index (Phi) is 2.08. The highest BCUT2D eigenvalue weighted by Crippen LogP contribution is 2.06. The van der Waals surface area contributed by atoms with Crippen molar-refractivity contribution in [2.45, 2.75) is 20.3 Å². The van der Waals surface area contributed by atoms with Crippen LogP contribution < -0.4 is 0 Å². The molecule has 1 aromatic heterocycles. The topological polar surface area (TPSA) is 34.9 Å². The second-order valence-electron chi connectivity index (χ2n) is 2.57. The summed E-state index contributed by atoms with van der Waals surface area (Å²) in [5.74, 6) is 0.155. The van der Waals surface area contributed by atoms with E-state index in [1.54, 1.807) is 10.9 Å². The number of hydrogen-bond acceptors (Lipinski definition) is 2. The molecule has 0 amide bonds. The van der Waals surface area contributed by atoms with Crippen LogP contribution in [0.25, 0.3) is 0 Å². The predicted octanol–water partition coefficient (Wildman–Crippen LogP) is 1.32. The third-order valence-corrected chi connectivity index (χ3v) is 1.71. The third kappa shape index (κ3) is 1.31.